The van der Waals surface area contributed by atoms with E-state index in [0.717, 1.165) is 61.4 Å². The monoisotopic (exact) mass is 504 g/mol. The molecule has 3 fully saturated rings. The lowest BCUT2D eigenvalue weighted by Crippen LogP contribution is -2.57. The molecule has 1 aromatic carbocycles. The van der Waals surface area contributed by atoms with E-state index in [-0.39, 0.29) is 17.9 Å². The molecule has 37 heavy (non-hydrogen) atoms. The molecule has 1 atom stereocenters. The highest BCUT2D eigenvalue weighted by Gasteiger charge is 2.47. The Hall–Kier alpha value is -3.27. The van der Waals surface area contributed by atoms with E-state index in [1.54, 1.807) is 0 Å². The number of aromatic nitrogens is 5. The van der Waals surface area contributed by atoms with Gasteiger partial charge in [0.15, 0.2) is 5.69 Å². The van der Waals surface area contributed by atoms with Gasteiger partial charge in [-0.05, 0) is 57.2 Å². The number of piperidine rings is 1. The van der Waals surface area contributed by atoms with E-state index in [2.05, 4.69) is 37.6 Å². The van der Waals surface area contributed by atoms with Crippen molar-refractivity contribution in [2.45, 2.75) is 70.0 Å². The number of carbonyl (C=O) groups is 2. The molecule has 10 nitrogen and oxygen atoms in total. The molecule has 2 aliphatic heterocycles. The Balaban J connectivity index is 1.11. The second-order valence-electron chi connectivity index (χ2n) is 11.2. The summed E-state index contributed by atoms with van der Waals surface area (Å²) in [5, 5.41) is 19.9. The van der Waals surface area contributed by atoms with Crippen LogP contribution in [-0.4, -0.2) is 78.5 Å². The van der Waals surface area contributed by atoms with Crippen LogP contribution >= 0.6 is 0 Å². The summed E-state index contributed by atoms with van der Waals surface area (Å²) >= 11 is 0. The fraction of sp³-hybridized carbons (Fsp3) is 0.593. The summed E-state index contributed by atoms with van der Waals surface area (Å²) in [5.74, 6) is 0.528. The van der Waals surface area contributed by atoms with E-state index >= 15 is 0 Å². The molecule has 3 aliphatic rings. The number of amides is 2. The number of benzene rings is 1. The van der Waals surface area contributed by atoms with E-state index in [1.165, 1.54) is 12.8 Å². The third-order valence-electron chi connectivity index (χ3n) is 8.55. The van der Waals surface area contributed by atoms with Crippen LogP contribution in [0.5, 0.6) is 0 Å². The number of fused-ring (bicyclic) bond motifs is 1. The van der Waals surface area contributed by atoms with Crippen molar-refractivity contribution in [2.75, 3.05) is 26.2 Å². The minimum absolute atomic E-state index is 0.0171. The first-order chi connectivity index (χ1) is 18.0. The second-order valence-corrected chi connectivity index (χ2v) is 11.2. The van der Waals surface area contributed by atoms with Crippen molar-refractivity contribution in [3.05, 3.63) is 41.9 Å². The summed E-state index contributed by atoms with van der Waals surface area (Å²) in [6, 6.07) is 7.66. The Morgan fingerprint density at radius 1 is 1.11 bits per heavy atom. The quantitative estimate of drug-likeness (QED) is 0.534. The summed E-state index contributed by atoms with van der Waals surface area (Å²) in [5.41, 5.74) is 1.27. The molecule has 1 saturated carbocycles. The maximum atomic E-state index is 13.8. The van der Waals surface area contributed by atoms with Crippen LogP contribution in [0, 0.1) is 5.92 Å². The topological polar surface area (TPSA) is 112 Å². The van der Waals surface area contributed by atoms with Gasteiger partial charge in [0.05, 0.1) is 23.4 Å². The molecule has 1 aliphatic carbocycles. The number of likely N-dealkylation sites (tertiary alicyclic amines) is 2. The number of rotatable bonds is 6. The molecular formula is C27H36N8O2. The molecule has 2 N–H and O–H groups in total. The lowest BCUT2D eigenvalue weighted by molar-refractivity contribution is -0.137. The number of nitrogens with zero attached hydrogens (tertiary/aromatic N) is 6. The summed E-state index contributed by atoms with van der Waals surface area (Å²) in [4.78, 5) is 31.5. The van der Waals surface area contributed by atoms with Gasteiger partial charge in [-0.3, -0.25) is 19.6 Å². The molecule has 4 heterocycles. The van der Waals surface area contributed by atoms with Crippen molar-refractivity contribution >= 4 is 22.7 Å². The van der Waals surface area contributed by atoms with Crippen LogP contribution in [0.25, 0.3) is 10.9 Å². The van der Waals surface area contributed by atoms with Crippen molar-refractivity contribution < 1.29 is 9.59 Å². The van der Waals surface area contributed by atoms with Gasteiger partial charge in [-0.25, -0.2) is 4.68 Å². The first-order valence-electron chi connectivity index (χ1n) is 13.7. The van der Waals surface area contributed by atoms with Gasteiger partial charge in [-0.15, -0.1) is 5.10 Å². The summed E-state index contributed by atoms with van der Waals surface area (Å²) in [6.07, 6.45) is 8.52. The predicted octanol–water partition coefficient (Wildman–Crippen LogP) is 2.90. The number of nitrogens with one attached hydrogen (secondary N) is 2. The predicted molar refractivity (Wildman–Crippen MR) is 139 cm³/mol. The van der Waals surface area contributed by atoms with E-state index in [1.807, 2.05) is 40.0 Å². The van der Waals surface area contributed by atoms with Crippen molar-refractivity contribution in [1.29, 1.82) is 0 Å². The zero-order chi connectivity index (χ0) is 25.4. The van der Waals surface area contributed by atoms with Gasteiger partial charge in [-0.1, -0.05) is 43.2 Å². The Bertz CT molecular complexity index is 1270. The molecule has 6 rings (SSSR count). The van der Waals surface area contributed by atoms with Gasteiger partial charge in [-0.2, -0.15) is 5.10 Å². The molecule has 0 bridgehead atoms. The van der Waals surface area contributed by atoms with Gasteiger partial charge < -0.3 is 10.2 Å². The first-order valence-corrected chi connectivity index (χ1v) is 13.7. The Labute approximate surface area is 216 Å². The van der Waals surface area contributed by atoms with E-state index in [0.29, 0.717) is 31.6 Å². The maximum absolute atomic E-state index is 13.8. The fourth-order valence-electron chi connectivity index (χ4n) is 6.24. The van der Waals surface area contributed by atoms with Gasteiger partial charge in [0, 0.05) is 25.0 Å². The van der Waals surface area contributed by atoms with Crippen LogP contribution in [0.4, 0.5) is 0 Å². The minimum Gasteiger partial charge on any atom is -0.338 e. The Kier molecular flexibility index (Phi) is 6.44. The van der Waals surface area contributed by atoms with Crippen LogP contribution in [0.1, 0.15) is 74.1 Å². The van der Waals surface area contributed by atoms with Crippen LogP contribution in [-0.2, 0) is 11.3 Å². The van der Waals surface area contributed by atoms with Gasteiger partial charge in [0.2, 0.25) is 5.91 Å². The average Bonchev–Trinajstić information content (AvgIpc) is 3.71. The Morgan fingerprint density at radius 2 is 1.89 bits per heavy atom. The molecular weight excluding hydrogens is 468 g/mol. The highest BCUT2D eigenvalue weighted by Crippen LogP contribution is 2.34. The highest BCUT2D eigenvalue weighted by atomic mass is 16.2. The van der Waals surface area contributed by atoms with Crippen LogP contribution in [0.3, 0.4) is 0 Å². The lowest BCUT2D eigenvalue weighted by atomic mass is 9.95. The lowest BCUT2D eigenvalue weighted by Gasteiger charge is -2.33. The normalized spacial score (nSPS) is 22.6. The van der Waals surface area contributed by atoms with Crippen molar-refractivity contribution in [2.24, 2.45) is 5.92 Å². The molecule has 196 valence electrons. The summed E-state index contributed by atoms with van der Waals surface area (Å²) in [7, 11) is 0. The third-order valence-corrected chi connectivity index (χ3v) is 8.55. The second kappa shape index (κ2) is 9.89. The van der Waals surface area contributed by atoms with Crippen LogP contribution in [0.15, 0.2) is 30.5 Å². The zero-order valence-corrected chi connectivity index (χ0v) is 21.5. The molecule has 2 saturated heterocycles. The van der Waals surface area contributed by atoms with Crippen LogP contribution < -0.4 is 5.32 Å². The van der Waals surface area contributed by atoms with E-state index in [4.69, 9.17) is 0 Å². The molecule has 3 aromatic rings. The number of hydrogen-bond acceptors (Lipinski definition) is 6. The number of aromatic amines is 1. The first kappa shape index (κ1) is 24.1. The van der Waals surface area contributed by atoms with Gasteiger partial charge >= 0.3 is 0 Å². The fourth-order valence-corrected chi connectivity index (χ4v) is 6.24. The molecule has 10 heteroatoms. The van der Waals surface area contributed by atoms with Crippen LogP contribution in [0.2, 0.25) is 0 Å². The van der Waals surface area contributed by atoms with Gasteiger partial charge in [0.1, 0.15) is 5.54 Å². The molecule has 0 spiro atoms. The third kappa shape index (κ3) is 4.74. The van der Waals surface area contributed by atoms with E-state index < -0.39 is 5.54 Å². The number of carbonyl (C=O) groups excluding carboxylic acids is 2. The number of hydrogen-bond donors (Lipinski definition) is 2. The summed E-state index contributed by atoms with van der Waals surface area (Å²) < 4.78 is 1.94. The Morgan fingerprint density at radius 3 is 2.70 bits per heavy atom. The number of para-hydroxylation sites is 1. The number of H-pyrrole nitrogens is 1. The van der Waals surface area contributed by atoms with Crippen molar-refractivity contribution in [3.63, 3.8) is 0 Å². The molecule has 2 aromatic heterocycles. The zero-order valence-electron chi connectivity index (χ0n) is 21.5. The summed E-state index contributed by atoms with van der Waals surface area (Å²) in [6.45, 7) is 6.63. The molecule has 0 radical (unpaired) electrons. The van der Waals surface area contributed by atoms with Crippen molar-refractivity contribution in [3.8, 4) is 0 Å². The molecule has 0 unspecified atom stereocenters. The maximum Gasteiger partial charge on any atom is 0.273 e. The molecule has 2 amide bonds. The van der Waals surface area contributed by atoms with Gasteiger partial charge in [0.25, 0.3) is 5.91 Å². The largest absolute Gasteiger partial charge is 0.338 e. The highest BCUT2D eigenvalue weighted by molar-refractivity contribution is 6.06. The SMILES string of the molecule is CC1CCN(Cc2cn([C@H]3CCN(C(=O)C4(NC(=O)c5n[nH]c6ccccc56)CCCC4)C3)nn2)CC1. The van der Waals surface area contributed by atoms with E-state index in [9.17, 15) is 9.59 Å². The smallest absolute Gasteiger partial charge is 0.273 e. The minimum atomic E-state index is -0.870. The standard InChI is InChI=1S/C27H36N8O2/c1-19-8-13-33(14-9-19)16-20-17-35(32-29-20)21-10-15-34(18-21)26(37)27(11-4-5-12-27)28-25(36)24-22-6-2-3-7-23(22)30-31-24/h2-3,6-7,17,19,21H,4-5,8-16,18H2,1H3,(H,28,36)(H,30,31)/t21-/m0/s1. The average molecular weight is 505 g/mol. The van der Waals surface area contributed by atoms with Crippen molar-refractivity contribution in [1.82, 2.24) is 40.3 Å².